The maximum Gasteiger partial charge on any atom is 0.0645 e. The molecule has 0 bridgehead atoms. The van der Waals surface area contributed by atoms with Crippen molar-refractivity contribution in [1.82, 2.24) is 0 Å². The van der Waals surface area contributed by atoms with Crippen molar-refractivity contribution < 1.29 is 13.7 Å². The monoisotopic (exact) mass is 708 g/mol. The summed E-state index contributed by atoms with van der Waals surface area (Å²) in [5, 5.41) is 8.11. The van der Waals surface area contributed by atoms with Crippen molar-refractivity contribution in [3.8, 4) is 0 Å². The third-order valence-corrected chi connectivity index (χ3v) is 10.7. The molecule has 0 heterocycles. The lowest BCUT2D eigenvalue weighted by molar-refractivity contribution is 0.865. The van der Waals surface area contributed by atoms with Crippen LogP contribution >= 0.6 is 0 Å². The molecule has 0 amide bonds. The first kappa shape index (κ1) is 24.2. The second kappa shape index (κ2) is 13.4. The Morgan fingerprint density at radius 3 is 1.13 bits per heavy atom. The highest BCUT2D eigenvalue weighted by molar-refractivity contribution is 5.92. The van der Waals surface area contributed by atoms with Gasteiger partial charge in [-0.3, -0.25) is 0 Å². The maximum absolute atomic E-state index is 9.02. The van der Waals surface area contributed by atoms with Gasteiger partial charge in [0.15, 0.2) is 0 Å². The van der Waals surface area contributed by atoms with Crippen LogP contribution in [-0.4, -0.2) is 0 Å². The van der Waals surface area contributed by atoms with Crippen LogP contribution in [0.4, 0.5) is 34.1 Å². The predicted molar refractivity (Wildman–Crippen MR) is 230 cm³/mol. The summed E-state index contributed by atoms with van der Waals surface area (Å²) >= 11 is 0. The zero-order chi connectivity index (χ0) is 45.8. The molecule has 0 aliphatic heterocycles. The fourth-order valence-corrected chi connectivity index (χ4v) is 7.62. The van der Waals surface area contributed by atoms with Gasteiger partial charge in [0.05, 0.1) is 13.7 Å². The van der Waals surface area contributed by atoms with Gasteiger partial charge in [0, 0.05) is 34.1 Å². The Bertz CT molecular complexity index is 3220. The minimum absolute atomic E-state index is 0.0784. The zero-order valence-corrected chi connectivity index (χ0v) is 31.3. The van der Waals surface area contributed by atoms with Crippen molar-refractivity contribution in [2.75, 3.05) is 9.80 Å². The lowest BCUT2D eigenvalue weighted by Gasteiger charge is -2.28. The summed E-state index contributed by atoms with van der Waals surface area (Å²) in [6.45, 7) is 12.3. The van der Waals surface area contributed by atoms with Crippen molar-refractivity contribution >= 4 is 55.7 Å². The standard InChI is InChI=1S/C52H46N2/c1-33(2)37-19-17-35(5)51(31-37)53(43-13-9-7-10-14-43)45-23-21-39-27-47-48-28-40-22-24-46(26-42(40)30-50(48)49(47)29-41(39)25-45)54(44-15-11-8-12-16-44)52-32-38(34(3)4)20-18-36(52)6/h7-34H,1-6H3/i7D,8D,9D,10D,11D,12D,13D,14D,15D,16D. The molecule has 54 heavy (non-hydrogen) atoms. The SMILES string of the molecule is [2H]c1c([2H])c([2H])c(N(c2ccc3cc4c(cc3c2)=c2cc3cc(N(c5cc(C(C)C)ccc5C)c5c([2H])c([2H])c([2H])c([2H])c5[2H])ccc3cc2=4)c2cc(C(C)C)ccc2C)c([2H])c1[2H]. The van der Waals surface area contributed by atoms with Gasteiger partial charge in [0.1, 0.15) is 0 Å². The van der Waals surface area contributed by atoms with E-state index in [0.29, 0.717) is 11.4 Å². The van der Waals surface area contributed by atoms with Gasteiger partial charge in [0.2, 0.25) is 0 Å². The highest BCUT2D eigenvalue weighted by atomic mass is 15.1. The summed E-state index contributed by atoms with van der Waals surface area (Å²) in [4.78, 5) is 3.59. The van der Waals surface area contributed by atoms with Crippen LogP contribution < -0.4 is 9.80 Å². The van der Waals surface area contributed by atoms with Crippen molar-refractivity contribution in [2.45, 2.75) is 53.4 Å². The van der Waals surface area contributed by atoms with Crippen LogP contribution in [0, 0.1) is 34.7 Å². The van der Waals surface area contributed by atoms with E-state index in [2.05, 4.69) is 64.1 Å². The summed E-state index contributed by atoms with van der Waals surface area (Å²) < 4.78 is 86.9. The first-order valence-corrected chi connectivity index (χ1v) is 18.5. The van der Waals surface area contributed by atoms with Gasteiger partial charge >= 0.3 is 0 Å². The van der Waals surface area contributed by atoms with Gasteiger partial charge in [-0.05, 0) is 175 Å². The molecule has 2 heteroatoms. The first-order valence-electron chi connectivity index (χ1n) is 23.5. The van der Waals surface area contributed by atoms with Crippen LogP contribution in [0.1, 0.15) is 75.5 Å². The normalized spacial score (nSPS) is 14.4. The average molecular weight is 709 g/mol. The number of hydrogen-bond donors (Lipinski definition) is 0. The lowest BCUT2D eigenvalue weighted by Crippen LogP contribution is -2.12. The molecular formula is C52H46N2. The summed E-state index contributed by atoms with van der Waals surface area (Å²) in [7, 11) is 0. The van der Waals surface area contributed by atoms with Crippen molar-refractivity contribution in [3.63, 3.8) is 0 Å². The minimum atomic E-state index is -0.445. The molecule has 0 N–H and O–H groups in total. The molecule has 264 valence electrons. The molecular weight excluding hydrogens is 653 g/mol. The molecule has 0 saturated heterocycles. The summed E-state index contributed by atoms with van der Waals surface area (Å²) in [5.74, 6) is 0.389. The molecule has 0 atom stereocenters. The molecule has 1 aliphatic rings. The molecule has 0 radical (unpaired) electrons. The van der Waals surface area contributed by atoms with E-state index in [1.54, 1.807) is 9.80 Å². The molecule has 8 aromatic rings. The molecule has 0 unspecified atom stereocenters. The molecule has 0 spiro atoms. The van der Waals surface area contributed by atoms with Crippen molar-refractivity contribution in [3.05, 3.63) is 201 Å². The zero-order valence-electron chi connectivity index (χ0n) is 41.3. The Kier molecular flexibility index (Phi) is 6.01. The first-order chi connectivity index (χ1) is 30.4. The van der Waals surface area contributed by atoms with E-state index in [1.807, 2.05) is 74.5 Å². The highest BCUT2D eigenvalue weighted by Gasteiger charge is 2.19. The topological polar surface area (TPSA) is 6.48 Å². The third kappa shape index (κ3) is 5.83. The smallest absolute Gasteiger partial charge is 0.0645 e. The van der Waals surface area contributed by atoms with Gasteiger partial charge in [-0.15, -0.1) is 0 Å². The second-order valence-corrected chi connectivity index (χ2v) is 14.9. The number of para-hydroxylation sites is 2. The Hall–Kier alpha value is -6.12. The van der Waals surface area contributed by atoms with Crippen molar-refractivity contribution in [2.24, 2.45) is 0 Å². The fraction of sp³-hybridized carbons (Fsp3) is 0.154. The Morgan fingerprint density at radius 1 is 0.389 bits per heavy atom. The van der Waals surface area contributed by atoms with Crippen LogP contribution in [0.5, 0.6) is 0 Å². The Balaban J connectivity index is 1.25. The lowest BCUT2D eigenvalue weighted by atomic mass is 9.94. The number of nitrogens with zero attached hydrogens (tertiary/aromatic N) is 2. The molecule has 8 aromatic carbocycles. The van der Waals surface area contributed by atoms with Gasteiger partial charge in [-0.2, -0.15) is 0 Å². The predicted octanol–water partition coefficient (Wildman–Crippen LogP) is 14.7. The highest BCUT2D eigenvalue weighted by Crippen LogP contribution is 2.41. The van der Waals surface area contributed by atoms with Gasteiger partial charge in [-0.1, -0.05) is 100 Å². The van der Waals surface area contributed by atoms with Gasteiger partial charge in [-0.25, -0.2) is 0 Å². The minimum Gasteiger partial charge on any atom is -0.310 e. The van der Waals surface area contributed by atoms with Crippen molar-refractivity contribution in [1.29, 1.82) is 0 Å². The fourth-order valence-electron chi connectivity index (χ4n) is 7.62. The average Bonchev–Trinajstić information content (AvgIpc) is 3.28. The largest absolute Gasteiger partial charge is 0.310 e. The molecule has 0 aromatic heterocycles. The van der Waals surface area contributed by atoms with Gasteiger partial charge in [0.25, 0.3) is 0 Å². The van der Waals surface area contributed by atoms with E-state index in [1.165, 1.54) is 0 Å². The van der Waals surface area contributed by atoms with Crippen LogP contribution in [-0.2, 0) is 0 Å². The van der Waals surface area contributed by atoms with Crippen LogP contribution in [0.25, 0.3) is 21.5 Å². The molecule has 1 aliphatic carbocycles. The van der Waals surface area contributed by atoms with E-state index in [9.17, 15) is 0 Å². The van der Waals surface area contributed by atoms with E-state index in [-0.39, 0.29) is 47.4 Å². The number of rotatable bonds is 8. The van der Waals surface area contributed by atoms with Crippen LogP contribution in [0.15, 0.2) is 157 Å². The third-order valence-electron chi connectivity index (χ3n) is 10.7. The summed E-state index contributed by atoms with van der Waals surface area (Å²) in [6.07, 6.45) is 0. The number of anilines is 6. The van der Waals surface area contributed by atoms with Crippen LogP contribution in [0.2, 0.25) is 0 Å². The van der Waals surface area contributed by atoms with E-state index in [4.69, 9.17) is 13.7 Å². The van der Waals surface area contributed by atoms with E-state index < -0.39 is 36.3 Å². The quantitative estimate of drug-likeness (QED) is 0.155. The number of benzene rings is 8. The van der Waals surface area contributed by atoms with E-state index in [0.717, 1.165) is 76.0 Å². The number of hydrogen-bond acceptors (Lipinski definition) is 2. The van der Waals surface area contributed by atoms with Gasteiger partial charge < -0.3 is 9.80 Å². The maximum atomic E-state index is 9.02. The molecule has 0 saturated carbocycles. The molecule has 0 fully saturated rings. The summed E-state index contributed by atoms with van der Waals surface area (Å²) in [5.41, 5.74) is 6.82. The van der Waals surface area contributed by atoms with E-state index >= 15 is 0 Å². The number of aryl methyl sites for hydroxylation is 2. The molecule has 2 nitrogen and oxygen atoms in total. The Labute approximate surface area is 332 Å². The van der Waals surface area contributed by atoms with Crippen LogP contribution in [0.3, 0.4) is 0 Å². The number of fused-ring (bicyclic) bond motifs is 4. The second-order valence-electron chi connectivity index (χ2n) is 14.9. The Morgan fingerprint density at radius 2 is 0.759 bits per heavy atom. The molecule has 9 rings (SSSR count). The summed E-state index contributed by atoms with van der Waals surface area (Å²) in [6, 6.07) is 29.2.